The molecule has 3 heterocycles. The molecule has 2 aromatic heterocycles. The molecular weight excluding hydrogens is 685 g/mol. The molecule has 284 valence electrons. The number of hydrogen-bond donors (Lipinski definition) is 4. The van der Waals surface area contributed by atoms with Crippen molar-refractivity contribution in [1.82, 2.24) is 19.5 Å². The Morgan fingerprint density at radius 3 is 2.27 bits per heavy atom. The Hall–Kier alpha value is -4.94. The van der Waals surface area contributed by atoms with Crippen LogP contribution >= 0.6 is 0 Å². The summed E-state index contributed by atoms with van der Waals surface area (Å²) in [5.41, 5.74) is 17.9. The number of alkyl halides is 1. The highest BCUT2D eigenvalue weighted by molar-refractivity contribution is 5.84. The fourth-order valence-electron chi connectivity index (χ4n) is 5.26. The van der Waals surface area contributed by atoms with Crippen LogP contribution in [-0.2, 0) is 49.5 Å². The van der Waals surface area contributed by atoms with Crippen LogP contribution < -0.4 is 22.8 Å². The summed E-state index contributed by atoms with van der Waals surface area (Å²) in [4.78, 5) is 75.8. The zero-order valence-corrected chi connectivity index (χ0v) is 29.4. The van der Waals surface area contributed by atoms with Crippen molar-refractivity contribution in [2.75, 3.05) is 12.3 Å². The van der Waals surface area contributed by atoms with Crippen molar-refractivity contribution >= 4 is 41.0 Å². The standard InChI is InChI=1S/C34H46FN7O10/c1-5-17(3)25(36)31(45)51-21(13-24(43)48-14-19-10-8-7-9-11-19)28(52-32(46)26(37)18(4)6-2)33(47)49-15-22-20(35)12-23(50-22)42-16-39-27-29(42)40-34(38)41-30(27)44/h7-11,16-18,20-23,25-26,28H,5-6,12-15,36-37H2,1-4H3,(H3,38,40,41,44)/t17-,18-,20-,21?,22+,23+,25-,26-,28?/m0/s1. The largest absolute Gasteiger partial charge is 0.461 e. The molecular formula is C34H46FN7O10. The summed E-state index contributed by atoms with van der Waals surface area (Å²) < 4.78 is 44.3. The van der Waals surface area contributed by atoms with Gasteiger partial charge in [-0.3, -0.25) is 28.7 Å². The first-order valence-electron chi connectivity index (χ1n) is 17.0. The third-order valence-electron chi connectivity index (χ3n) is 9.06. The number of esters is 4. The molecule has 1 aliphatic heterocycles. The van der Waals surface area contributed by atoms with Crippen LogP contribution in [0.4, 0.5) is 10.3 Å². The fraction of sp³-hybridized carbons (Fsp3) is 0.559. The maximum Gasteiger partial charge on any atom is 0.351 e. The number of halogens is 1. The minimum absolute atomic E-state index is 0.0423. The third kappa shape index (κ3) is 9.89. The summed E-state index contributed by atoms with van der Waals surface area (Å²) in [6.07, 6.45) is -6.55. The molecule has 0 bridgehead atoms. The summed E-state index contributed by atoms with van der Waals surface area (Å²) in [5, 5.41) is 0. The van der Waals surface area contributed by atoms with Gasteiger partial charge in [-0.15, -0.1) is 0 Å². The number of anilines is 1. The van der Waals surface area contributed by atoms with Crippen molar-refractivity contribution < 1.29 is 47.3 Å². The minimum Gasteiger partial charge on any atom is -0.461 e. The van der Waals surface area contributed by atoms with Crippen molar-refractivity contribution in [3.8, 4) is 0 Å². The van der Waals surface area contributed by atoms with Gasteiger partial charge >= 0.3 is 23.9 Å². The number of hydrogen-bond acceptors (Lipinski definition) is 15. The van der Waals surface area contributed by atoms with Crippen LogP contribution in [-0.4, -0.2) is 86.6 Å². The Balaban J connectivity index is 1.56. The number of fused-ring (bicyclic) bond motifs is 1. The molecule has 1 fully saturated rings. The Kier molecular flexibility index (Phi) is 13.8. The number of carbonyl (C=O) groups is 4. The molecule has 17 nitrogen and oxygen atoms in total. The number of nitrogen functional groups attached to an aromatic ring is 1. The van der Waals surface area contributed by atoms with E-state index in [9.17, 15) is 24.0 Å². The summed E-state index contributed by atoms with van der Waals surface area (Å²) in [5.74, 6) is -5.09. The molecule has 4 rings (SSSR count). The predicted molar refractivity (Wildman–Crippen MR) is 182 cm³/mol. The van der Waals surface area contributed by atoms with E-state index in [0.717, 1.165) is 0 Å². The monoisotopic (exact) mass is 731 g/mol. The fourth-order valence-corrected chi connectivity index (χ4v) is 5.26. The maximum atomic E-state index is 15.3. The van der Waals surface area contributed by atoms with Gasteiger partial charge in [0.1, 0.15) is 43.8 Å². The van der Waals surface area contributed by atoms with Gasteiger partial charge in [-0.05, 0) is 17.4 Å². The molecule has 52 heavy (non-hydrogen) atoms. The lowest BCUT2D eigenvalue weighted by Crippen LogP contribution is -2.50. The number of aromatic nitrogens is 4. The van der Waals surface area contributed by atoms with E-state index in [1.165, 1.54) is 10.9 Å². The number of imidazole rings is 1. The van der Waals surface area contributed by atoms with Crippen molar-refractivity contribution in [3.63, 3.8) is 0 Å². The van der Waals surface area contributed by atoms with Gasteiger partial charge in [0.2, 0.25) is 12.1 Å². The maximum absolute atomic E-state index is 15.3. The third-order valence-corrected chi connectivity index (χ3v) is 9.06. The number of rotatable bonds is 17. The number of aromatic amines is 1. The Morgan fingerprint density at radius 1 is 1.00 bits per heavy atom. The second-order valence-electron chi connectivity index (χ2n) is 12.8. The number of nitrogens with two attached hydrogens (primary N) is 3. The van der Waals surface area contributed by atoms with Gasteiger partial charge in [0.15, 0.2) is 17.3 Å². The number of ether oxygens (including phenoxy) is 5. The summed E-state index contributed by atoms with van der Waals surface area (Å²) in [7, 11) is 0. The van der Waals surface area contributed by atoms with Crippen LogP contribution in [0.2, 0.25) is 0 Å². The van der Waals surface area contributed by atoms with Crippen LogP contribution in [0.3, 0.4) is 0 Å². The lowest BCUT2D eigenvalue weighted by molar-refractivity contribution is -0.188. The normalized spacial score (nSPS) is 20.6. The molecule has 2 unspecified atom stereocenters. The first kappa shape index (κ1) is 39.8. The molecule has 0 radical (unpaired) electrons. The molecule has 1 aliphatic rings. The molecule has 1 aromatic carbocycles. The highest BCUT2D eigenvalue weighted by Crippen LogP contribution is 2.33. The Labute approximate surface area is 298 Å². The molecule has 9 atom stereocenters. The highest BCUT2D eigenvalue weighted by Gasteiger charge is 2.43. The molecule has 18 heteroatoms. The lowest BCUT2D eigenvalue weighted by atomic mass is 9.99. The topological polar surface area (TPSA) is 256 Å². The van der Waals surface area contributed by atoms with Crippen molar-refractivity contribution in [3.05, 3.63) is 52.6 Å². The van der Waals surface area contributed by atoms with Crippen molar-refractivity contribution in [1.29, 1.82) is 0 Å². The van der Waals surface area contributed by atoms with Gasteiger partial charge in [-0.25, -0.2) is 14.2 Å². The van der Waals surface area contributed by atoms with Crippen molar-refractivity contribution in [2.45, 2.75) is 103 Å². The number of nitrogens with zero attached hydrogens (tertiary/aromatic N) is 3. The SMILES string of the molecule is CC[C@H](C)[C@H](N)C(=O)OC(CC(=O)OCc1ccccc1)C(OC(=O)[C@@H](N)[C@@H](C)CC)C(=O)OC[C@H]1O[C@@H](n2cnc3c(=O)[nH]c(N)nc32)C[C@@H]1F. The van der Waals surface area contributed by atoms with E-state index in [4.69, 9.17) is 40.9 Å². The van der Waals surface area contributed by atoms with E-state index in [0.29, 0.717) is 18.4 Å². The van der Waals surface area contributed by atoms with Gasteiger partial charge in [0.05, 0.1) is 12.7 Å². The molecule has 0 saturated carbocycles. The van der Waals surface area contributed by atoms with Gasteiger partial charge in [-0.2, -0.15) is 4.98 Å². The summed E-state index contributed by atoms with van der Waals surface area (Å²) >= 11 is 0. The van der Waals surface area contributed by atoms with E-state index in [-0.39, 0.29) is 42.0 Å². The summed E-state index contributed by atoms with van der Waals surface area (Å²) in [6.45, 7) is 6.19. The first-order valence-corrected chi connectivity index (χ1v) is 17.0. The smallest absolute Gasteiger partial charge is 0.351 e. The molecule has 0 spiro atoms. The van der Waals surface area contributed by atoms with Crippen LogP contribution in [0.15, 0.2) is 41.5 Å². The van der Waals surface area contributed by atoms with Crippen LogP contribution in [0.25, 0.3) is 11.2 Å². The van der Waals surface area contributed by atoms with Gasteiger partial charge < -0.3 is 40.9 Å². The van der Waals surface area contributed by atoms with E-state index in [1.807, 2.05) is 6.92 Å². The molecule has 0 amide bonds. The zero-order valence-electron chi connectivity index (χ0n) is 29.4. The highest BCUT2D eigenvalue weighted by atomic mass is 19.1. The lowest BCUT2D eigenvalue weighted by Gasteiger charge is -2.29. The first-order chi connectivity index (χ1) is 24.7. The Bertz CT molecular complexity index is 1750. The van der Waals surface area contributed by atoms with Crippen LogP contribution in [0.5, 0.6) is 0 Å². The number of benzene rings is 1. The van der Waals surface area contributed by atoms with Gasteiger partial charge in [-0.1, -0.05) is 70.9 Å². The minimum atomic E-state index is -2.04. The second kappa shape index (κ2) is 18.0. The zero-order chi connectivity index (χ0) is 38.1. The van der Waals surface area contributed by atoms with E-state index in [1.54, 1.807) is 51.1 Å². The van der Waals surface area contributed by atoms with E-state index < -0.39 is 85.3 Å². The second-order valence-corrected chi connectivity index (χ2v) is 12.8. The van der Waals surface area contributed by atoms with Gasteiger partial charge in [0.25, 0.3) is 5.56 Å². The summed E-state index contributed by atoms with van der Waals surface area (Å²) in [6, 6.07) is 6.38. The van der Waals surface area contributed by atoms with Crippen LogP contribution in [0, 0.1) is 11.8 Å². The predicted octanol–water partition coefficient (Wildman–Crippen LogP) is 1.57. The van der Waals surface area contributed by atoms with Gasteiger partial charge in [0, 0.05) is 6.42 Å². The van der Waals surface area contributed by atoms with Crippen molar-refractivity contribution in [2.24, 2.45) is 23.3 Å². The molecule has 0 aliphatic carbocycles. The molecule has 7 N–H and O–H groups in total. The van der Waals surface area contributed by atoms with Crippen LogP contribution in [0.1, 0.15) is 65.2 Å². The molecule has 1 saturated heterocycles. The molecule has 3 aromatic rings. The average Bonchev–Trinajstić information content (AvgIpc) is 3.73. The van der Waals surface area contributed by atoms with E-state index >= 15 is 4.39 Å². The Morgan fingerprint density at radius 2 is 1.63 bits per heavy atom. The quantitative estimate of drug-likeness (QED) is 0.114. The number of H-pyrrole nitrogens is 1. The average molecular weight is 732 g/mol. The van der Waals surface area contributed by atoms with E-state index in [2.05, 4.69) is 15.0 Å². The number of carbonyl (C=O) groups excluding carboxylic acids is 4. The number of nitrogens with one attached hydrogen (secondary N) is 1.